The molecule has 3 aromatic rings. The second-order valence-electron chi connectivity index (χ2n) is 6.11. The normalized spacial score (nSPS) is 11.0. The number of ether oxygens (including phenoxy) is 2. The van der Waals surface area contributed by atoms with Crippen molar-refractivity contribution in [1.82, 2.24) is 4.72 Å². The third-order valence-corrected chi connectivity index (χ3v) is 5.78. The van der Waals surface area contributed by atoms with Crippen molar-refractivity contribution in [3.05, 3.63) is 77.3 Å². The minimum atomic E-state index is -3.68. The molecule has 0 radical (unpaired) electrons. The van der Waals surface area contributed by atoms with Crippen LogP contribution in [0.25, 0.3) is 0 Å². The number of nitrogens with one attached hydrogen (secondary N) is 2. The van der Waals surface area contributed by atoms with Crippen LogP contribution in [0.15, 0.2) is 71.6 Å². The molecule has 0 saturated carbocycles. The monoisotopic (exact) mass is 446 g/mol. The summed E-state index contributed by atoms with van der Waals surface area (Å²) in [6, 6.07) is 17.5. The molecule has 3 rings (SSSR count). The molecule has 0 heterocycles. The van der Waals surface area contributed by atoms with Crippen molar-refractivity contribution in [2.45, 2.75) is 4.90 Å². The highest BCUT2D eigenvalue weighted by Crippen LogP contribution is 2.33. The number of carbonyl (C=O) groups excluding carboxylic acids is 1. The Morgan fingerprint density at radius 1 is 0.967 bits per heavy atom. The largest absolute Gasteiger partial charge is 0.497 e. The third kappa shape index (κ3) is 5.10. The van der Waals surface area contributed by atoms with Crippen molar-refractivity contribution >= 4 is 33.2 Å². The van der Waals surface area contributed by atoms with Crippen molar-refractivity contribution < 1.29 is 22.7 Å². The minimum absolute atomic E-state index is 0.0170. The quantitative estimate of drug-likeness (QED) is 0.564. The van der Waals surface area contributed by atoms with Crippen molar-refractivity contribution in [1.29, 1.82) is 0 Å². The van der Waals surface area contributed by atoms with Gasteiger partial charge in [0, 0.05) is 16.7 Å². The average molecular weight is 447 g/mol. The van der Waals surface area contributed by atoms with Crippen molar-refractivity contribution in [3.63, 3.8) is 0 Å². The third-order valence-electron chi connectivity index (χ3n) is 4.13. The zero-order valence-electron chi connectivity index (χ0n) is 16.2. The Morgan fingerprint density at radius 2 is 1.70 bits per heavy atom. The molecular formula is C21H19ClN2O5S. The van der Waals surface area contributed by atoms with Gasteiger partial charge in [-0.15, -0.1) is 0 Å². The van der Waals surface area contributed by atoms with E-state index in [-0.39, 0.29) is 10.5 Å². The zero-order valence-corrected chi connectivity index (χ0v) is 17.8. The summed E-state index contributed by atoms with van der Waals surface area (Å²) in [6.45, 7) is 0. The lowest BCUT2D eigenvalue weighted by Crippen LogP contribution is -2.19. The molecule has 0 unspecified atom stereocenters. The lowest BCUT2D eigenvalue weighted by Gasteiger charge is -2.14. The Bertz CT molecular complexity index is 1180. The SMILES string of the molecule is CNS(=O)(=O)c1cccc(C(=O)Nc2cc(Cl)ccc2Oc2cccc(OC)c2)c1. The average Bonchev–Trinajstić information content (AvgIpc) is 2.76. The van der Waals surface area contributed by atoms with Crippen LogP contribution in [0.3, 0.4) is 0 Å². The lowest BCUT2D eigenvalue weighted by atomic mass is 10.2. The molecule has 0 aliphatic rings. The number of sulfonamides is 1. The molecule has 156 valence electrons. The highest BCUT2D eigenvalue weighted by atomic mass is 35.5. The molecule has 0 aliphatic carbocycles. The van der Waals surface area contributed by atoms with E-state index in [1.54, 1.807) is 49.6 Å². The summed E-state index contributed by atoms with van der Waals surface area (Å²) in [5.41, 5.74) is 0.496. The van der Waals surface area contributed by atoms with E-state index in [4.69, 9.17) is 21.1 Å². The lowest BCUT2D eigenvalue weighted by molar-refractivity contribution is 0.102. The highest BCUT2D eigenvalue weighted by Gasteiger charge is 2.16. The van der Waals surface area contributed by atoms with Crippen LogP contribution in [0.2, 0.25) is 5.02 Å². The molecule has 0 bridgehead atoms. The number of anilines is 1. The van der Waals surface area contributed by atoms with Gasteiger partial charge >= 0.3 is 0 Å². The predicted molar refractivity (Wildman–Crippen MR) is 115 cm³/mol. The fourth-order valence-electron chi connectivity index (χ4n) is 2.60. The van der Waals surface area contributed by atoms with Crippen LogP contribution in [0.4, 0.5) is 5.69 Å². The Labute approximate surface area is 179 Å². The first kappa shape index (κ1) is 21.6. The Kier molecular flexibility index (Phi) is 6.61. The number of carbonyl (C=O) groups is 1. The maximum atomic E-state index is 12.8. The first-order chi connectivity index (χ1) is 14.3. The van der Waals surface area contributed by atoms with E-state index in [9.17, 15) is 13.2 Å². The van der Waals surface area contributed by atoms with Crippen LogP contribution in [-0.4, -0.2) is 28.5 Å². The number of hydrogen-bond donors (Lipinski definition) is 2. The van der Waals surface area contributed by atoms with Gasteiger partial charge in [0.15, 0.2) is 5.75 Å². The standard InChI is InChI=1S/C21H19ClN2O5S/c1-23-30(26,27)18-8-3-5-14(11-18)21(25)24-19-12-15(22)9-10-20(19)29-17-7-4-6-16(13-17)28-2/h3-13,23H,1-2H3,(H,24,25). The maximum Gasteiger partial charge on any atom is 0.255 e. The fraction of sp³-hybridized carbons (Fsp3) is 0.0952. The van der Waals surface area contributed by atoms with E-state index < -0.39 is 15.9 Å². The van der Waals surface area contributed by atoms with Gasteiger partial charge in [-0.1, -0.05) is 23.7 Å². The van der Waals surface area contributed by atoms with Gasteiger partial charge in [0.1, 0.15) is 11.5 Å². The molecule has 0 fully saturated rings. The summed E-state index contributed by atoms with van der Waals surface area (Å²) in [7, 11) is -0.824. The van der Waals surface area contributed by atoms with Crippen molar-refractivity contribution in [2.75, 3.05) is 19.5 Å². The van der Waals surface area contributed by atoms with Crippen molar-refractivity contribution in [3.8, 4) is 17.2 Å². The molecule has 0 atom stereocenters. The van der Waals surface area contributed by atoms with E-state index in [0.717, 1.165) is 0 Å². The summed E-state index contributed by atoms with van der Waals surface area (Å²) in [4.78, 5) is 12.7. The van der Waals surface area contributed by atoms with Gasteiger partial charge < -0.3 is 14.8 Å². The smallest absolute Gasteiger partial charge is 0.255 e. The molecule has 1 amide bonds. The molecule has 7 nitrogen and oxygen atoms in total. The molecule has 30 heavy (non-hydrogen) atoms. The maximum absolute atomic E-state index is 12.8. The molecule has 2 N–H and O–H groups in total. The number of hydrogen-bond acceptors (Lipinski definition) is 5. The summed E-state index contributed by atoms with van der Waals surface area (Å²) in [5.74, 6) is 0.977. The number of benzene rings is 3. The van der Waals surface area contributed by atoms with Gasteiger partial charge in [-0.05, 0) is 55.6 Å². The molecule has 9 heteroatoms. The summed E-state index contributed by atoms with van der Waals surface area (Å²) in [6.07, 6.45) is 0. The Morgan fingerprint density at radius 3 is 2.43 bits per heavy atom. The van der Waals surface area contributed by atoms with Crippen LogP contribution in [0.5, 0.6) is 17.2 Å². The van der Waals surface area contributed by atoms with Crippen LogP contribution < -0.4 is 19.5 Å². The van der Waals surface area contributed by atoms with Crippen LogP contribution in [-0.2, 0) is 10.0 Å². The van der Waals surface area contributed by atoms with E-state index in [2.05, 4.69) is 10.0 Å². The summed E-state index contributed by atoms with van der Waals surface area (Å²) < 4.78 is 37.3. The van der Waals surface area contributed by atoms with Crippen LogP contribution in [0.1, 0.15) is 10.4 Å². The Balaban J connectivity index is 1.88. The number of amides is 1. The Hall–Kier alpha value is -3.07. The fourth-order valence-corrected chi connectivity index (χ4v) is 3.55. The summed E-state index contributed by atoms with van der Waals surface area (Å²) in [5, 5.41) is 3.12. The molecule has 0 aliphatic heterocycles. The predicted octanol–water partition coefficient (Wildman–Crippen LogP) is 4.30. The molecule has 0 saturated heterocycles. The number of rotatable bonds is 7. The molecule has 0 spiro atoms. The minimum Gasteiger partial charge on any atom is -0.497 e. The van der Waals surface area contributed by atoms with Gasteiger partial charge in [-0.25, -0.2) is 13.1 Å². The number of methoxy groups -OCH3 is 1. The topological polar surface area (TPSA) is 93.7 Å². The van der Waals surface area contributed by atoms with Gasteiger partial charge in [-0.3, -0.25) is 4.79 Å². The van der Waals surface area contributed by atoms with E-state index >= 15 is 0 Å². The van der Waals surface area contributed by atoms with Crippen LogP contribution >= 0.6 is 11.6 Å². The van der Waals surface area contributed by atoms with E-state index in [1.165, 1.54) is 31.3 Å². The van der Waals surface area contributed by atoms with Crippen molar-refractivity contribution in [2.24, 2.45) is 0 Å². The van der Waals surface area contributed by atoms with Gasteiger partial charge in [0.2, 0.25) is 10.0 Å². The van der Waals surface area contributed by atoms with Gasteiger partial charge in [0.05, 0.1) is 17.7 Å². The second kappa shape index (κ2) is 9.17. The number of halogens is 1. The molecule has 3 aromatic carbocycles. The van der Waals surface area contributed by atoms with Gasteiger partial charge in [-0.2, -0.15) is 0 Å². The highest BCUT2D eigenvalue weighted by molar-refractivity contribution is 7.89. The second-order valence-corrected chi connectivity index (χ2v) is 8.43. The zero-order chi connectivity index (χ0) is 21.7. The van der Waals surface area contributed by atoms with E-state index in [1.807, 2.05) is 0 Å². The van der Waals surface area contributed by atoms with E-state index in [0.29, 0.717) is 28.0 Å². The summed E-state index contributed by atoms with van der Waals surface area (Å²) >= 11 is 6.09. The first-order valence-electron chi connectivity index (χ1n) is 8.79. The van der Waals surface area contributed by atoms with Crippen LogP contribution in [0, 0.1) is 0 Å². The first-order valence-corrected chi connectivity index (χ1v) is 10.6. The molecular weight excluding hydrogens is 428 g/mol. The van der Waals surface area contributed by atoms with Gasteiger partial charge in [0.25, 0.3) is 5.91 Å². The molecule has 0 aromatic heterocycles.